The maximum Gasteiger partial charge on any atom is 0.136 e. The van der Waals surface area contributed by atoms with E-state index >= 15 is 0 Å². The van der Waals surface area contributed by atoms with Crippen molar-refractivity contribution in [2.45, 2.75) is 32.3 Å². The molecule has 0 saturated heterocycles. The lowest BCUT2D eigenvalue weighted by molar-refractivity contribution is 0.182. The van der Waals surface area contributed by atoms with Crippen LogP contribution < -0.4 is 4.74 Å². The first-order valence-electron chi connectivity index (χ1n) is 9.55. The molecular weight excluding hydrogens is 396 g/mol. The van der Waals surface area contributed by atoms with Crippen molar-refractivity contribution in [2.24, 2.45) is 0 Å². The molecule has 0 heterocycles. The smallest absolute Gasteiger partial charge is 0.136 e. The predicted molar refractivity (Wildman–Crippen MR) is 117 cm³/mol. The van der Waals surface area contributed by atoms with Crippen LogP contribution in [-0.2, 0) is 12.8 Å². The lowest BCUT2D eigenvalue weighted by Crippen LogP contribution is -2.25. The van der Waals surface area contributed by atoms with Gasteiger partial charge >= 0.3 is 0 Å². The van der Waals surface area contributed by atoms with E-state index in [1.54, 1.807) is 0 Å². The highest BCUT2D eigenvalue weighted by Gasteiger charge is 2.23. The van der Waals surface area contributed by atoms with Gasteiger partial charge in [0, 0.05) is 6.42 Å². The summed E-state index contributed by atoms with van der Waals surface area (Å²) in [5.74, 6) is 0.984. The maximum absolute atomic E-state index is 6.41. The quantitative estimate of drug-likeness (QED) is 0.319. The van der Waals surface area contributed by atoms with Gasteiger partial charge in [-0.05, 0) is 80.0 Å². The molecule has 1 aliphatic rings. The van der Waals surface area contributed by atoms with E-state index in [-0.39, 0.29) is 6.10 Å². The molecule has 4 aromatic carbocycles. The van der Waals surface area contributed by atoms with Crippen LogP contribution in [0.4, 0.5) is 0 Å². The Morgan fingerprint density at radius 1 is 0.852 bits per heavy atom. The first kappa shape index (κ1) is 16.8. The average Bonchev–Trinajstić information content (AvgIpc) is 2.70. The highest BCUT2D eigenvalue weighted by atomic mass is 79.9. The topological polar surface area (TPSA) is 9.23 Å². The van der Waals surface area contributed by atoms with Crippen LogP contribution in [0.1, 0.15) is 23.1 Å². The molecule has 27 heavy (non-hydrogen) atoms. The molecule has 2 heteroatoms. The van der Waals surface area contributed by atoms with E-state index in [2.05, 4.69) is 89.6 Å². The Morgan fingerprint density at radius 2 is 1.70 bits per heavy atom. The van der Waals surface area contributed by atoms with Crippen LogP contribution in [-0.4, -0.2) is 6.10 Å². The van der Waals surface area contributed by atoms with Crippen molar-refractivity contribution in [1.82, 2.24) is 0 Å². The second kappa shape index (κ2) is 6.69. The van der Waals surface area contributed by atoms with Crippen LogP contribution in [0, 0.1) is 6.92 Å². The van der Waals surface area contributed by atoms with Gasteiger partial charge in [-0.1, -0.05) is 60.7 Å². The molecule has 0 aliphatic heterocycles. The fourth-order valence-electron chi connectivity index (χ4n) is 4.37. The Kier molecular flexibility index (Phi) is 4.17. The van der Waals surface area contributed by atoms with Gasteiger partial charge in [0.1, 0.15) is 11.9 Å². The van der Waals surface area contributed by atoms with Gasteiger partial charge in [-0.25, -0.2) is 0 Å². The number of fused-ring (bicyclic) bond motifs is 5. The lowest BCUT2D eigenvalue weighted by atomic mass is 9.85. The molecule has 0 saturated carbocycles. The highest BCUT2D eigenvalue weighted by molar-refractivity contribution is 9.10. The monoisotopic (exact) mass is 416 g/mol. The van der Waals surface area contributed by atoms with E-state index in [1.165, 1.54) is 38.2 Å². The van der Waals surface area contributed by atoms with Gasteiger partial charge in [-0.3, -0.25) is 0 Å². The lowest BCUT2D eigenvalue weighted by Gasteiger charge is -2.28. The predicted octanol–water partition coefficient (Wildman–Crippen LogP) is 7.00. The number of benzene rings is 4. The molecule has 0 radical (unpaired) electrons. The second-order valence-corrected chi connectivity index (χ2v) is 8.31. The Balaban J connectivity index is 1.51. The van der Waals surface area contributed by atoms with Crippen LogP contribution in [0.2, 0.25) is 0 Å². The number of rotatable bonds is 2. The van der Waals surface area contributed by atoms with Crippen molar-refractivity contribution < 1.29 is 4.74 Å². The van der Waals surface area contributed by atoms with E-state index in [1.807, 2.05) is 0 Å². The number of aryl methyl sites for hydroxylation is 2. The van der Waals surface area contributed by atoms with Gasteiger partial charge in [0.05, 0.1) is 4.47 Å². The van der Waals surface area contributed by atoms with E-state index in [0.717, 1.165) is 29.5 Å². The molecule has 0 spiro atoms. The summed E-state index contributed by atoms with van der Waals surface area (Å²) in [6, 6.07) is 24.0. The third-order valence-corrected chi connectivity index (χ3v) is 6.37. The van der Waals surface area contributed by atoms with Crippen LogP contribution in [0.15, 0.2) is 71.2 Å². The Morgan fingerprint density at radius 3 is 2.59 bits per heavy atom. The molecule has 5 rings (SSSR count). The number of ether oxygens (including phenoxy) is 1. The van der Waals surface area contributed by atoms with E-state index in [4.69, 9.17) is 4.74 Å². The summed E-state index contributed by atoms with van der Waals surface area (Å²) >= 11 is 3.64. The van der Waals surface area contributed by atoms with Crippen LogP contribution in [0.5, 0.6) is 5.75 Å². The fraction of sp³-hybridized carbons (Fsp3) is 0.200. The minimum Gasteiger partial charge on any atom is -0.489 e. The first-order chi connectivity index (χ1) is 13.2. The molecule has 134 valence electrons. The molecule has 1 atom stereocenters. The molecule has 0 amide bonds. The van der Waals surface area contributed by atoms with Crippen molar-refractivity contribution in [3.8, 4) is 5.75 Å². The van der Waals surface area contributed by atoms with Crippen LogP contribution in [0.25, 0.3) is 21.5 Å². The minimum atomic E-state index is 0.229. The highest BCUT2D eigenvalue weighted by Crippen LogP contribution is 2.36. The summed E-state index contributed by atoms with van der Waals surface area (Å²) < 4.78 is 7.45. The van der Waals surface area contributed by atoms with Gasteiger partial charge in [0.2, 0.25) is 0 Å². The number of hydrogen-bond donors (Lipinski definition) is 0. The van der Waals surface area contributed by atoms with E-state index < -0.39 is 0 Å². The van der Waals surface area contributed by atoms with Gasteiger partial charge in [-0.2, -0.15) is 0 Å². The number of hydrogen-bond acceptors (Lipinski definition) is 1. The normalized spacial score (nSPS) is 16.4. The average molecular weight is 417 g/mol. The van der Waals surface area contributed by atoms with Crippen LogP contribution in [0.3, 0.4) is 0 Å². The summed E-state index contributed by atoms with van der Waals surface area (Å²) in [6.07, 6.45) is 3.32. The van der Waals surface area contributed by atoms with Crippen molar-refractivity contribution in [1.29, 1.82) is 0 Å². The Bertz CT molecular complexity index is 1140. The molecule has 4 aromatic rings. The zero-order chi connectivity index (χ0) is 18.4. The zero-order valence-corrected chi connectivity index (χ0v) is 16.9. The molecule has 0 N–H and O–H groups in total. The standard InChI is InChI=1S/C25H21BrO/c1-16-5-4-8-24(26)25(16)27-19-11-14-21-18(15-19)10-13-22-20-7-3-2-6-17(20)9-12-23(21)22/h2-10,12-13,19H,11,14-15H2,1H3. The fourth-order valence-corrected chi connectivity index (χ4v) is 4.93. The van der Waals surface area contributed by atoms with Crippen LogP contribution >= 0.6 is 15.9 Å². The zero-order valence-electron chi connectivity index (χ0n) is 15.3. The first-order valence-corrected chi connectivity index (χ1v) is 10.3. The van der Waals surface area contributed by atoms with E-state index in [0.29, 0.717) is 0 Å². The minimum absolute atomic E-state index is 0.229. The molecule has 0 bridgehead atoms. The summed E-state index contributed by atoms with van der Waals surface area (Å²) in [4.78, 5) is 0. The SMILES string of the molecule is Cc1cccc(Br)c1OC1CCc2c(ccc3c2ccc2ccccc23)C1. The molecule has 1 unspecified atom stereocenters. The van der Waals surface area contributed by atoms with Crippen molar-refractivity contribution >= 4 is 37.5 Å². The molecule has 0 aromatic heterocycles. The maximum atomic E-state index is 6.41. The number of para-hydroxylation sites is 1. The third-order valence-electron chi connectivity index (χ3n) is 5.75. The number of halogens is 1. The van der Waals surface area contributed by atoms with Gasteiger partial charge in [0.15, 0.2) is 0 Å². The summed E-state index contributed by atoms with van der Waals surface area (Å²) in [7, 11) is 0. The third kappa shape index (κ3) is 2.93. The summed E-state index contributed by atoms with van der Waals surface area (Å²) in [5.41, 5.74) is 4.11. The summed E-state index contributed by atoms with van der Waals surface area (Å²) in [5, 5.41) is 5.43. The van der Waals surface area contributed by atoms with E-state index in [9.17, 15) is 0 Å². The van der Waals surface area contributed by atoms with Gasteiger partial charge < -0.3 is 4.74 Å². The second-order valence-electron chi connectivity index (χ2n) is 7.45. The van der Waals surface area contributed by atoms with Gasteiger partial charge in [-0.15, -0.1) is 0 Å². The van der Waals surface area contributed by atoms with Crippen molar-refractivity contribution in [3.05, 3.63) is 87.9 Å². The molecule has 1 nitrogen and oxygen atoms in total. The largest absolute Gasteiger partial charge is 0.489 e. The van der Waals surface area contributed by atoms with Gasteiger partial charge in [0.25, 0.3) is 0 Å². The van der Waals surface area contributed by atoms with Crippen molar-refractivity contribution in [3.63, 3.8) is 0 Å². The molecule has 1 aliphatic carbocycles. The Hall–Kier alpha value is -2.32. The molecule has 0 fully saturated rings. The molecular formula is C25H21BrO. The Labute approximate surface area is 168 Å². The summed E-state index contributed by atoms with van der Waals surface area (Å²) in [6.45, 7) is 2.11. The van der Waals surface area contributed by atoms with Crippen molar-refractivity contribution in [2.75, 3.05) is 0 Å².